The molecule has 3 nitrogen and oxygen atoms in total. The molecular formula is C12H16N2OS. The summed E-state index contributed by atoms with van der Waals surface area (Å²) < 4.78 is 0. The predicted octanol–water partition coefficient (Wildman–Crippen LogP) is 1.58. The number of rotatable bonds is 2. The van der Waals surface area contributed by atoms with Crippen LogP contribution in [0.15, 0.2) is 23.6 Å². The van der Waals surface area contributed by atoms with E-state index in [1.54, 1.807) is 17.4 Å². The SMILES string of the molecule is C[C@@H]1CN(C(=O)/C=C/c2cccs2)CCN1. The first-order valence-corrected chi connectivity index (χ1v) is 6.37. The first-order valence-electron chi connectivity index (χ1n) is 5.49. The number of nitrogens with zero attached hydrogens (tertiary/aromatic N) is 1. The van der Waals surface area contributed by atoms with Crippen molar-refractivity contribution in [3.8, 4) is 0 Å². The zero-order valence-electron chi connectivity index (χ0n) is 9.35. The number of carbonyl (C=O) groups is 1. The molecule has 1 N–H and O–H groups in total. The number of nitrogens with one attached hydrogen (secondary N) is 1. The molecule has 0 aromatic carbocycles. The van der Waals surface area contributed by atoms with Gasteiger partial charge in [0.15, 0.2) is 0 Å². The van der Waals surface area contributed by atoms with Gasteiger partial charge in [0.2, 0.25) is 5.91 Å². The summed E-state index contributed by atoms with van der Waals surface area (Å²) in [5.74, 6) is 0.113. The summed E-state index contributed by atoms with van der Waals surface area (Å²) in [6.07, 6.45) is 3.56. The Kier molecular flexibility index (Phi) is 3.74. The van der Waals surface area contributed by atoms with E-state index in [4.69, 9.17) is 0 Å². The Bertz CT molecular complexity index is 372. The summed E-state index contributed by atoms with van der Waals surface area (Å²) >= 11 is 1.64. The Morgan fingerprint density at radius 1 is 1.69 bits per heavy atom. The van der Waals surface area contributed by atoms with E-state index in [0.29, 0.717) is 6.04 Å². The van der Waals surface area contributed by atoms with E-state index in [1.807, 2.05) is 28.5 Å². The monoisotopic (exact) mass is 236 g/mol. The lowest BCUT2D eigenvalue weighted by molar-refractivity contribution is -0.127. The fourth-order valence-corrected chi connectivity index (χ4v) is 2.40. The number of hydrogen-bond acceptors (Lipinski definition) is 3. The Morgan fingerprint density at radius 2 is 2.56 bits per heavy atom. The molecule has 2 rings (SSSR count). The first kappa shape index (κ1) is 11.4. The second-order valence-electron chi connectivity index (χ2n) is 3.99. The zero-order chi connectivity index (χ0) is 11.4. The van der Waals surface area contributed by atoms with Gasteiger partial charge in [-0.3, -0.25) is 4.79 Å². The van der Waals surface area contributed by atoms with Gasteiger partial charge in [-0.15, -0.1) is 11.3 Å². The molecule has 16 heavy (non-hydrogen) atoms. The topological polar surface area (TPSA) is 32.3 Å². The van der Waals surface area contributed by atoms with Crippen molar-refractivity contribution in [3.05, 3.63) is 28.5 Å². The Hall–Kier alpha value is -1.13. The molecule has 1 aromatic heterocycles. The van der Waals surface area contributed by atoms with E-state index >= 15 is 0 Å². The van der Waals surface area contributed by atoms with Crippen molar-refractivity contribution in [1.29, 1.82) is 0 Å². The summed E-state index contributed by atoms with van der Waals surface area (Å²) in [6, 6.07) is 4.39. The van der Waals surface area contributed by atoms with E-state index in [9.17, 15) is 4.79 Å². The number of amides is 1. The molecular weight excluding hydrogens is 220 g/mol. The van der Waals surface area contributed by atoms with Crippen LogP contribution in [0.1, 0.15) is 11.8 Å². The van der Waals surface area contributed by atoms with Gasteiger partial charge in [0.05, 0.1) is 0 Å². The van der Waals surface area contributed by atoms with Gasteiger partial charge in [-0.2, -0.15) is 0 Å². The molecule has 1 aliphatic heterocycles. The molecule has 1 fully saturated rings. The maximum atomic E-state index is 11.9. The molecule has 0 aliphatic carbocycles. The quantitative estimate of drug-likeness (QED) is 0.791. The van der Waals surface area contributed by atoms with Gasteiger partial charge in [-0.1, -0.05) is 6.07 Å². The van der Waals surface area contributed by atoms with Crippen molar-refractivity contribution < 1.29 is 4.79 Å². The molecule has 0 radical (unpaired) electrons. The van der Waals surface area contributed by atoms with Gasteiger partial charge in [0.1, 0.15) is 0 Å². The highest BCUT2D eigenvalue weighted by atomic mass is 32.1. The van der Waals surface area contributed by atoms with E-state index in [0.717, 1.165) is 24.5 Å². The third-order valence-electron chi connectivity index (χ3n) is 2.61. The van der Waals surface area contributed by atoms with Crippen LogP contribution in [0.3, 0.4) is 0 Å². The minimum atomic E-state index is 0.113. The van der Waals surface area contributed by atoms with Gasteiger partial charge in [-0.05, 0) is 24.4 Å². The maximum absolute atomic E-state index is 11.9. The predicted molar refractivity (Wildman–Crippen MR) is 67.4 cm³/mol. The lowest BCUT2D eigenvalue weighted by Gasteiger charge is -2.31. The van der Waals surface area contributed by atoms with Crippen LogP contribution >= 0.6 is 11.3 Å². The normalized spacial score (nSPS) is 21.6. The maximum Gasteiger partial charge on any atom is 0.246 e. The average molecular weight is 236 g/mol. The summed E-state index contributed by atoms with van der Waals surface area (Å²) in [4.78, 5) is 14.9. The lowest BCUT2D eigenvalue weighted by atomic mass is 10.2. The van der Waals surface area contributed by atoms with Crippen molar-refractivity contribution >= 4 is 23.3 Å². The number of carbonyl (C=O) groups excluding carboxylic acids is 1. The minimum absolute atomic E-state index is 0.113. The first-order chi connectivity index (χ1) is 7.75. The molecule has 1 atom stereocenters. The Morgan fingerprint density at radius 3 is 3.25 bits per heavy atom. The van der Waals surface area contributed by atoms with Crippen LogP contribution in [0, 0.1) is 0 Å². The lowest BCUT2D eigenvalue weighted by Crippen LogP contribution is -2.50. The fourth-order valence-electron chi connectivity index (χ4n) is 1.78. The van der Waals surface area contributed by atoms with Gasteiger partial charge < -0.3 is 10.2 Å². The second-order valence-corrected chi connectivity index (χ2v) is 4.97. The van der Waals surface area contributed by atoms with Crippen LogP contribution in [0.4, 0.5) is 0 Å². The molecule has 0 unspecified atom stereocenters. The summed E-state index contributed by atoms with van der Waals surface area (Å²) in [5, 5.41) is 5.33. The van der Waals surface area contributed by atoms with Crippen LogP contribution in [0.25, 0.3) is 6.08 Å². The Balaban J connectivity index is 1.92. The summed E-state index contributed by atoms with van der Waals surface area (Å²) in [7, 11) is 0. The largest absolute Gasteiger partial charge is 0.336 e. The van der Waals surface area contributed by atoms with E-state index in [2.05, 4.69) is 12.2 Å². The van der Waals surface area contributed by atoms with Gasteiger partial charge in [0.25, 0.3) is 0 Å². The highest BCUT2D eigenvalue weighted by Crippen LogP contribution is 2.10. The zero-order valence-corrected chi connectivity index (χ0v) is 10.2. The third-order valence-corrected chi connectivity index (χ3v) is 3.45. The number of thiophene rings is 1. The van der Waals surface area contributed by atoms with Crippen molar-refractivity contribution in [1.82, 2.24) is 10.2 Å². The molecule has 4 heteroatoms. The summed E-state index contributed by atoms with van der Waals surface area (Å²) in [6.45, 7) is 4.59. The third kappa shape index (κ3) is 2.93. The highest BCUT2D eigenvalue weighted by Gasteiger charge is 2.18. The average Bonchev–Trinajstić information content (AvgIpc) is 2.78. The standard InChI is InChI=1S/C12H16N2OS/c1-10-9-14(7-6-13-10)12(15)5-4-11-3-2-8-16-11/h2-5,8,10,13H,6-7,9H2,1H3/b5-4+/t10-/m1/s1. The molecule has 2 heterocycles. The highest BCUT2D eigenvalue weighted by molar-refractivity contribution is 7.10. The van der Waals surface area contributed by atoms with Crippen molar-refractivity contribution in [3.63, 3.8) is 0 Å². The van der Waals surface area contributed by atoms with Crippen LogP contribution in [0.5, 0.6) is 0 Å². The fraction of sp³-hybridized carbons (Fsp3) is 0.417. The van der Waals surface area contributed by atoms with Crippen LogP contribution in [-0.2, 0) is 4.79 Å². The molecule has 1 saturated heterocycles. The van der Waals surface area contributed by atoms with E-state index in [-0.39, 0.29) is 5.91 Å². The molecule has 1 aromatic rings. The van der Waals surface area contributed by atoms with Gasteiger partial charge >= 0.3 is 0 Å². The smallest absolute Gasteiger partial charge is 0.246 e. The van der Waals surface area contributed by atoms with Gasteiger partial charge in [0, 0.05) is 36.6 Å². The number of hydrogen-bond donors (Lipinski definition) is 1. The molecule has 0 spiro atoms. The van der Waals surface area contributed by atoms with Crippen molar-refractivity contribution in [2.75, 3.05) is 19.6 Å². The van der Waals surface area contributed by atoms with Crippen LogP contribution in [-0.4, -0.2) is 36.5 Å². The second kappa shape index (κ2) is 5.27. The van der Waals surface area contributed by atoms with Gasteiger partial charge in [-0.25, -0.2) is 0 Å². The molecule has 0 bridgehead atoms. The molecule has 86 valence electrons. The van der Waals surface area contributed by atoms with Crippen molar-refractivity contribution in [2.24, 2.45) is 0 Å². The van der Waals surface area contributed by atoms with E-state index < -0.39 is 0 Å². The summed E-state index contributed by atoms with van der Waals surface area (Å²) in [5.41, 5.74) is 0. The molecule has 1 aliphatic rings. The Labute approximate surface area is 99.8 Å². The minimum Gasteiger partial charge on any atom is -0.336 e. The van der Waals surface area contributed by atoms with E-state index in [1.165, 1.54) is 0 Å². The number of piperazine rings is 1. The van der Waals surface area contributed by atoms with Crippen LogP contribution in [0.2, 0.25) is 0 Å². The van der Waals surface area contributed by atoms with Crippen LogP contribution < -0.4 is 5.32 Å². The van der Waals surface area contributed by atoms with Crippen molar-refractivity contribution in [2.45, 2.75) is 13.0 Å². The molecule has 0 saturated carbocycles. The molecule has 1 amide bonds.